The van der Waals surface area contributed by atoms with Gasteiger partial charge in [-0.25, -0.2) is 0 Å². The Balaban J connectivity index is 2.77. The molecule has 0 aliphatic heterocycles. The summed E-state index contributed by atoms with van der Waals surface area (Å²) in [5.74, 6) is 0.140. The Hall–Kier alpha value is -2.85. The highest BCUT2D eigenvalue weighted by Crippen LogP contribution is 2.29. The van der Waals surface area contributed by atoms with Crippen molar-refractivity contribution >= 4 is 0 Å². The van der Waals surface area contributed by atoms with Crippen LogP contribution in [-0.2, 0) is 0 Å². The molecule has 0 bridgehead atoms. The number of nitrogens with zero attached hydrogens (tertiary/aromatic N) is 3. The second kappa shape index (κ2) is 4.57. The molecule has 0 fully saturated rings. The van der Waals surface area contributed by atoms with Gasteiger partial charge in [-0.2, -0.15) is 10.5 Å². The zero-order valence-electron chi connectivity index (χ0n) is 9.68. The van der Waals surface area contributed by atoms with Crippen LogP contribution in [0.1, 0.15) is 16.8 Å². The number of phenolic OH excluding ortho intramolecular Hbond substituents is 1. The second-order valence-corrected chi connectivity index (χ2v) is 3.78. The summed E-state index contributed by atoms with van der Waals surface area (Å²) in [7, 11) is 0. The van der Waals surface area contributed by atoms with Crippen molar-refractivity contribution in [2.45, 2.75) is 6.92 Å². The summed E-state index contributed by atoms with van der Waals surface area (Å²) in [4.78, 5) is 4.03. The standard InChI is InChI=1S/C14H9N3O/c1-9-13(7-16)14(11(6-15)8-17-9)10-2-4-12(18)5-3-10/h2-5,8,18H,1H3. The van der Waals surface area contributed by atoms with Gasteiger partial charge in [-0.05, 0) is 24.6 Å². The van der Waals surface area contributed by atoms with Crippen LogP contribution in [0.15, 0.2) is 30.5 Å². The molecule has 1 N–H and O–H groups in total. The summed E-state index contributed by atoms with van der Waals surface area (Å²) in [5, 5.41) is 27.6. The van der Waals surface area contributed by atoms with Crippen LogP contribution in [0.5, 0.6) is 5.75 Å². The summed E-state index contributed by atoms with van der Waals surface area (Å²) in [6, 6.07) is 10.5. The van der Waals surface area contributed by atoms with Gasteiger partial charge in [-0.3, -0.25) is 4.98 Å². The lowest BCUT2D eigenvalue weighted by atomic mass is 9.96. The highest BCUT2D eigenvalue weighted by Gasteiger charge is 2.14. The Morgan fingerprint density at radius 2 is 1.78 bits per heavy atom. The van der Waals surface area contributed by atoms with Crippen molar-refractivity contribution in [2.75, 3.05) is 0 Å². The topological polar surface area (TPSA) is 80.7 Å². The molecule has 0 unspecified atom stereocenters. The molecule has 0 saturated carbocycles. The van der Waals surface area contributed by atoms with Gasteiger partial charge in [0.25, 0.3) is 0 Å². The van der Waals surface area contributed by atoms with Gasteiger partial charge >= 0.3 is 0 Å². The third kappa shape index (κ3) is 1.88. The Morgan fingerprint density at radius 1 is 1.11 bits per heavy atom. The number of phenols is 1. The molecule has 0 amide bonds. The van der Waals surface area contributed by atoms with E-state index < -0.39 is 0 Å². The monoisotopic (exact) mass is 235 g/mol. The minimum absolute atomic E-state index is 0.140. The number of hydrogen-bond acceptors (Lipinski definition) is 4. The van der Waals surface area contributed by atoms with E-state index in [1.54, 1.807) is 19.1 Å². The maximum atomic E-state index is 9.27. The molecular formula is C14H9N3O. The van der Waals surface area contributed by atoms with E-state index in [2.05, 4.69) is 11.1 Å². The van der Waals surface area contributed by atoms with Crippen molar-refractivity contribution in [1.82, 2.24) is 4.98 Å². The van der Waals surface area contributed by atoms with Crippen molar-refractivity contribution in [3.8, 4) is 29.0 Å². The van der Waals surface area contributed by atoms with Gasteiger partial charge in [0.2, 0.25) is 0 Å². The van der Waals surface area contributed by atoms with E-state index in [0.29, 0.717) is 27.9 Å². The maximum Gasteiger partial charge on any atom is 0.115 e. The van der Waals surface area contributed by atoms with Gasteiger partial charge in [0.1, 0.15) is 17.9 Å². The summed E-state index contributed by atoms with van der Waals surface area (Å²) in [5.41, 5.74) is 2.60. The predicted octanol–water partition coefficient (Wildman–Crippen LogP) is 2.51. The van der Waals surface area contributed by atoms with Gasteiger partial charge in [0, 0.05) is 11.8 Å². The number of nitriles is 2. The van der Waals surface area contributed by atoms with Crippen LogP contribution in [0.2, 0.25) is 0 Å². The molecule has 0 atom stereocenters. The Bertz CT molecular complexity index is 676. The third-order valence-electron chi connectivity index (χ3n) is 2.66. The average Bonchev–Trinajstić information content (AvgIpc) is 2.39. The zero-order valence-corrected chi connectivity index (χ0v) is 9.68. The maximum absolute atomic E-state index is 9.27. The fourth-order valence-electron chi connectivity index (χ4n) is 1.76. The summed E-state index contributed by atoms with van der Waals surface area (Å²) in [6.45, 7) is 1.73. The molecule has 0 saturated heterocycles. The van der Waals surface area contributed by atoms with E-state index >= 15 is 0 Å². The van der Waals surface area contributed by atoms with Gasteiger partial charge in [0.05, 0.1) is 16.8 Å². The molecule has 86 valence electrons. The van der Waals surface area contributed by atoms with Crippen molar-refractivity contribution < 1.29 is 5.11 Å². The third-order valence-corrected chi connectivity index (χ3v) is 2.66. The van der Waals surface area contributed by atoms with Gasteiger partial charge < -0.3 is 5.11 Å². The minimum Gasteiger partial charge on any atom is -0.508 e. The van der Waals surface area contributed by atoms with Gasteiger partial charge in [-0.15, -0.1) is 0 Å². The highest BCUT2D eigenvalue weighted by atomic mass is 16.3. The Kier molecular flexibility index (Phi) is 2.95. The van der Waals surface area contributed by atoms with E-state index in [0.717, 1.165) is 0 Å². The van der Waals surface area contributed by atoms with Crippen molar-refractivity contribution in [3.63, 3.8) is 0 Å². The number of aromatic hydroxyl groups is 1. The molecule has 1 aromatic carbocycles. The second-order valence-electron chi connectivity index (χ2n) is 3.78. The number of aromatic nitrogens is 1. The molecular weight excluding hydrogens is 226 g/mol. The number of hydrogen-bond donors (Lipinski definition) is 1. The van der Waals surface area contributed by atoms with E-state index in [-0.39, 0.29) is 5.75 Å². The lowest BCUT2D eigenvalue weighted by Gasteiger charge is -2.08. The Morgan fingerprint density at radius 3 is 2.33 bits per heavy atom. The van der Waals surface area contributed by atoms with E-state index in [4.69, 9.17) is 5.26 Å². The van der Waals surface area contributed by atoms with E-state index in [1.165, 1.54) is 18.3 Å². The number of benzene rings is 1. The fraction of sp³-hybridized carbons (Fsp3) is 0.0714. The van der Waals surface area contributed by atoms with Crippen molar-refractivity contribution in [1.29, 1.82) is 10.5 Å². The van der Waals surface area contributed by atoms with Crippen molar-refractivity contribution in [3.05, 3.63) is 47.3 Å². The zero-order chi connectivity index (χ0) is 13.1. The smallest absolute Gasteiger partial charge is 0.115 e. The molecule has 4 heteroatoms. The number of pyridine rings is 1. The summed E-state index contributed by atoms with van der Waals surface area (Å²) >= 11 is 0. The average molecular weight is 235 g/mol. The predicted molar refractivity (Wildman–Crippen MR) is 65.5 cm³/mol. The molecule has 0 aliphatic carbocycles. The lowest BCUT2D eigenvalue weighted by molar-refractivity contribution is 0.475. The first-order chi connectivity index (χ1) is 8.67. The first kappa shape index (κ1) is 11.6. The first-order valence-corrected chi connectivity index (χ1v) is 5.26. The first-order valence-electron chi connectivity index (χ1n) is 5.26. The molecule has 0 aliphatic rings. The molecule has 18 heavy (non-hydrogen) atoms. The SMILES string of the molecule is Cc1ncc(C#N)c(-c2ccc(O)cc2)c1C#N. The van der Waals surface area contributed by atoms with Crippen LogP contribution in [-0.4, -0.2) is 10.1 Å². The lowest BCUT2D eigenvalue weighted by Crippen LogP contribution is -1.96. The normalized spacial score (nSPS) is 9.50. The molecule has 1 aromatic heterocycles. The molecule has 0 radical (unpaired) electrons. The number of rotatable bonds is 1. The number of aryl methyl sites for hydroxylation is 1. The van der Waals surface area contributed by atoms with Crippen LogP contribution in [0.4, 0.5) is 0 Å². The summed E-state index contributed by atoms with van der Waals surface area (Å²) < 4.78 is 0. The van der Waals surface area contributed by atoms with E-state index in [9.17, 15) is 10.4 Å². The van der Waals surface area contributed by atoms with Crippen molar-refractivity contribution in [2.24, 2.45) is 0 Å². The van der Waals surface area contributed by atoms with E-state index in [1.807, 2.05) is 6.07 Å². The van der Waals surface area contributed by atoms with Crippen LogP contribution >= 0.6 is 0 Å². The summed E-state index contributed by atoms with van der Waals surface area (Å²) in [6.07, 6.45) is 1.46. The molecule has 2 rings (SSSR count). The van der Waals surface area contributed by atoms with Gasteiger partial charge in [-0.1, -0.05) is 12.1 Å². The van der Waals surface area contributed by atoms with Crippen LogP contribution in [0.25, 0.3) is 11.1 Å². The van der Waals surface area contributed by atoms with Crippen LogP contribution < -0.4 is 0 Å². The quantitative estimate of drug-likeness (QED) is 0.823. The van der Waals surface area contributed by atoms with Crippen LogP contribution in [0, 0.1) is 29.6 Å². The highest BCUT2D eigenvalue weighted by molar-refractivity contribution is 5.77. The van der Waals surface area contributed by atoms with Crippen LogP contribution in [0.3, 0.4) is 0 Å². The Labute approximate surface area is 104 Å². The molecule has 2 aromatic rings. The molecule has 0 spiro atoms. The molecule has 4 nitrogen and oxygen atoms in total. The largest absolute Gasteiger partial charge is 0.508 e. The minimum atomic E-state index is 0.140. The fourth-order valence-corrected chi connectivity index (χ4v) is 1.76. The molecule has 1 heterocycles. The van der Waals surface area contributed by atoms with Gasteiger partial charge in [0.15, 0.2) is 0 Å².